The van der Waals surface area contributed by atoms with Gasteiger partial charge in [-0.3, -0.25) is 14.9 Å². The predicted octanol–water partition coefficient (Wildman–Crippen LogP) is 2.16. The third-order valence-corrected chi connectivity index (χ3v) is 3.40. The van der Waals surface area contributed by atoms with Crippen LogP contribution in [0.2, 0.25) is 0 Å². The van der Waals surface area contributed by atoms with Crippen molar-refractivity contribution in [2.24, 2.45) is 0 Å². The Morgan fingerprint density at radius 3 is 2.78 bits per heavy atom. The van der Waals surface area contributed by atoms with Gasteiger partial charge in [-0.1, -0.05) is 13.0 Å². The summed E-state index contributed by atoms with van der Waals surface area (Å²) in [5.74, 6) is 0.700. The molecule has 0 bridgehead atoms. The number of benzene rings is 1. The van der Waals surface area contributed by atoms with Crippen molar-refractivity contribution in [2.45, 2.75) is 19.9 Å². The molecule has 0 atom stereocenters. The summed E-state index contributed by atoms with van der Waals surface area (Å²) < 4.78 is 4.96. The SMILES string of the molecule is CCc1ncc(C(=O)N(C)Cc2ccc(OC)c([N+](=O)[O-])c2)[nH]1. The second kappa shape index (κ2) is 6.91. The molecule has 0 unspecified atom stereocenters. The number of rotatable bonds is 6. The predicted molar refractivity (Wildman–Crippen MR) is 83.4 cm³/mol. The number of nitrogens with one attached hydrogen (secondary N) is 1. The summed E-state index contributed by atoms with van der Waals surface area (Å²) in [5.41, 5.74) is 0.914. The fraction of sp³-hybridized carbons (Fsp3) is 0.333. The van der Waals surface area contributed by atoms with Crippen LogP contribution in [-0.2, 0) is 13.0 Å². The van der Waals surface area contributed by atoms with Crippen LogP contribution < -0.4 is 4.74 Å². The molecule has 0 fully saturated rings. The monoisotopic (exact) mass is 318 g/mol. The van der Waals surface area contributed by atoms with Gasteiger partial charge in [0.2, 0.25) is 0 Å². The number of nitro benzene ring substituents is 1. The quantitative estimate of drug-likeness (QED) is 0.649. The molecule has 0 saturated heterocycles. The first-order valence-corrected chi connectivity index (χ1v) is 7.07. The first kappa shape index (κ1) is 16.5. The van der Waals surface area contributed by atoms with Crippen LogP contribution in [0.15, 0.2) is 24.4 Å². The molecule has 1 N–H and O–H groups in total. The molecule has 8 nitrogen and oxygen atoms in total. The van der Waals surface area contributed by atoms with E-state index in [4.69, 9.17) is 4.74 Å². The minimum Gasteiger partial charge on any atom is -0.490 e. The van der Waals surface area contributed by atoms with Crippen molar-refractivity contribution < 1.29 is 14.5 Å². The third-order valence-electron chi connectivity index (χ3n) is 3.40. The summed E-state index contributed by atoms with van der Waals surface area (Å²) in [7, 11) is 3.01. The Kier molecular flexibility index (Phi) is 4.95. The van der Waals surface area contributed by atoms with Gasteiger partial charge >= 0.3 is 5.69 Å². The van der Waals surface area contributed by atoms with E-state index >= 15 is 0 Å². The van der Waals surface area contributed by atoms with Crippen molar-refractivity contribution in [3.8, 4) is 5.75 Å². The number of amides is 1. The highest BCUT2D eigenvalue weighted by Gasteiger charge is 2.18. The van der Waals surface area contributed by atoms with Crippen molar-refractivity contribution in [3.63, 3.8) is 0 Å². The molecule has 122 valence electrons. The van der Waals surface area contributed by atoms with Crippen molar-refractivity contribution >= 4 is 11.6 Å². The van der Waals surface area contributed by atoms with E-state index in [1.807, 2.05) is 6.92 Å². The first-order chi connectivity index (χ1) is 11.0. The highest BCUT2D eigenvalue weighted by Crippen LogP contribution is 2.28. The molecular formula is C15H18N4O4. The number of carbonyl (C=O) groups is 1. The average molecular weight is 318 g/mol. The Morgan fingerprint density at radius 2 is 2.22 bits per heavy atom. The average Bonchev–Trinajstić information content (AvgIpc) is 3.02. The van der Waals surface area contributed by atoms with Crippen molar-refractivity contribution in [1.82, 2.24) is 14.9 Å². The van der Waals surface area contributed by atoms with E-state index in [0.717, 1.165) is 5.82 Å². The highest BCUT2D eigenvalue weighted by molar-refractivity contribution is 5.91. The third kappa shape index (κ3) is 3.65. The standard InChI is InChI=1S/C15H18N4O4/c1-4-14-16-8-11(17-14)15(20)18(2)9-10-5-6-13(23-3)12(7-10)19(21)22/h5-8H,4,9H2,1-3H3,(H,16,17). The molecular weight excluding hydrogens is 300 g/mol. The number of H-pyrrole nitrogens is 1. The molecule has 23 heavy (non-hydrogen) atoms. The molecule has 8 heteroatoms. The van der Waals surface area contributed by atoms with Gasteiger partial charge in [-0.05, 0) is 11.6 Å². The van der Waals surface area contributed by atoms with Crippen molar-refractivity contribution in [2.75, 3.05) is 14.2 Å². The van der Waals surface area contributed by atoms with Gasteiger partial charge in [0, 0.05) is 26.1 Å². The summed E-state index contributed by atoms with van der Waals surface area (Å²) in [5, 5.41) is 11.0. The summed E-state index contributed by atoms with van der Waals surface area (Å²) >= 11 is 0. The Bertz CT molecular complexity index is 726. The van der Waals surface area contributed by atoms with Gasteiger partial charge in [0.1, 0.15) is 11.5 Å². The number of aryl methyl sites for hydroxylation is 1. The fourth-order valence-electron chi connectivity index (χ4n) is 2.18. The van der Waals surface area contributed by atoms with Gasteiger partial charge in [0.25, 0.3) is 5.91 Å². The molecule has 0 aliphatic carbocycles. The largest absolute Gasteiger partial charge is 0.490 e. The minimum absolute atomic E-state index is 0.124. The summed E-state index contributed by atoms with van der Waals surface area (Å²) in [6.45, 7) is 2.18. The van der Waals surface area contributed by atoms with E-state index in [2.05, 4.69) is 9.97 Å². The molecule has 0 aliphatic rings. The number of hydrogen-bond acceptors (Lipinski definition) is 5. The number of methoxy groups -OCH3 is 1. The van der Waals surface area contributed by atoms with Crippen LogP contribution in [-0.4, -0.2) is 39.9 Å². The van der Waals surface area contributed by atoms with Gasteiger partial charge < -0.3 is 14.6 Å². The highest BCUT2D eigenvalue weighted by atomic mass is 16.6. The summed E-state index contributed by atoms with van der Waals surface area (Å²) in [4.78, 5) is 31.4. The maximum absolute atomic E-state index is 12.3. The summed E-state index contributed by atoms with van der Waals surface area (Å²) in [6, 6.07) is 4.63. The van der Waals surface area contributed by atoms with Gasteiger partial charge in [-0.25, -0.2) is 4.98 Å². The van der Waals surface area contributed by atoms with Crippen LogP contribution in [0.3, 0.4) is 0 Å². The molecule has 2 rings (SSSR count). The van der Waals surface area contributed by atoms with E-state index in [1.54, 1.807) is 13.1 Å². The van der Waals surface area contributed by atoms with Crippen LogP contribution in [0.25, 0.3) is 0 Å². The van der Waals surface area contributed by atoms with Crippen LogP contribution in [0.1, 0.15) is 28.8 Å². The zero-order valence-corrected chi connectivity index (χ0v) is 13.2. The van der Waals surface area contributed by atoms with Gasteiger partial charge in [0.05, 0.1) is 18.2 Å². The number of hydrogen-bond donors (Lipinski definition) is 1. The number of imidazole rings is 1. The first-order valence-electron chi connectivity index (χ1n) is 7.07. The van der Waals surface area contributed by atoms with Gasteiger partial charge in [-0.15, -0.1) is 0 Å². The lowest BCUT2D eigenvalue weighted by Gasteiger charge is -2.16. The molecule has 0 saturated carbocycles. The summed E-state index contributed by atoms with van der Waals surface area (Å²) in [6.07, 6.45) is 2.20. The zero-order chi connectivity index (χ0) is 17.0. The van der Waals surface area contributed by atoms with E-state index in [0.29, 0.717) is 17.7 Å². The topological polar surface area (TPSA) is 101 Å². The van der Waals surface area contributed by atoms with Crippen LogP contribution in [0.5, 0.6) is 5.75 Å². The maximum Gasteiger partial charge on any atom is 0.311 e. The smallest absolute Gasteiger partial charge is 0.311 e. The number of aromatic amines is 1. The van der Waals surface area contributed by atoms with Gasteiger partial charge in [-0.2, -0.15) is 0 Å². The number of nitrogens with zero attached hydrogens (tertiary/aromatic N) is 3. The molecule has 0 radical (unpaired) electrons. The Morgan fingerprint density at radius 1 is 1.48 bits per heavy atom. The van der Waals surface area contributed by atoms with Crippen molar-refractivity contribution in [3.05, 3.63) is 51.6 Å². The van der Waals surface area contributed by atoms with E-state index in [9.17, 15) is 14.9 Å². The normalized spacial score (nSPS) is 10.4. The lowest BCUT2D eigenvalue weighted by molar-refractivity contribution is -0.385. The van der Waals surface area contributed by atoms with Crippen LogP contribution in [0.4, 0.5) is 5.69 Å². The van der Waals surface area contributed by atoms with Crippen LogP contribution >= 0.6 is 0 Å². The second-order valence-corrected chi connectivity index (χ2v) is 5.02. The Hall–Kier alpha value is -2.90. The zero-order valence-electron chi connectivity index (χ0n) is 13.2. The molecule has 1 heterocycles. The van der Waals surface area contributed by atoms with Crippen LogP contribution in [0, 0.1) is 10.1 Å². The lowest BCUT2D eigenvalue weighted by atomic mass is 10.1. The van der Waals surface area contributed by atoms with Gasteiger partial charge in [0.15, 0.2) is 5.75 Å². The second-order valence-electron chi connectivity index (χ2n) is 5.02. The van der Waals surface area contributed by atoms with E-state index < -0.39 is 4.92 Å². The molecule has 1 aromatic carbocycles. The van der Waals surface area contributed by atoms with E-state index in [1.165, 1.54) is 30.3 Å². The Labute approximate surface area is 133 Å². The van der Waals surface area contributed by atoms with E-state index in [-0.39, 0.29) is 23.9 Å². The maximum atomic E-state index is 12.3. The number of nitro groups is 1. The molecule has 0 spiro atoms. The molecule has 0 aliphatic heterocycles. The molecule has 1 aromatic heterocycles. The fourth-order valence-corrected chi connectivity index (χ4v) is 2.18. The Balaban J connectivity index is 2.16. The lowest BCUT2D eigenvalue weighted by Crippen LogP contribution is -2.26. The number of aromatic nitrogens is 2. The number of carbonyl (C=O) groups excluding carboxylic acids is 1. The minimum atomic E-state index is -0.507. The van der Waals surface area contributed by atoms with Crippen molar-refractivity contribution in [1.29, 1.82) is 0 Å². The molecule has 1 amide bonds. The number of ether oxygens (including phenoxy) is 1. The molecule has 2 aromatic rings.